The first-order valence-corrected chi connectivity index (χ1v) is 7.98. The van der Waals surface area contributed by atoms with E-state index >= 15 is 0 Å². The van der Waals surface area contributed by atoms with Crippen molar-refractivity contribution in [1.29, 1.82) is 0 Å². The zero-order chi connectivity index (χ0) is 20.0. The second-order valence-electron chi connectivity index (χ2n) is 5.74. The molecule has 6 nitrogen and oxygen atoms in total. The van der Waals surface area contributed by atoms with Gasteiger partial charge in [-0.05, 0) is 29.8 Å². The number of rotatable bonds is 8. The number of aliphatic carboxylic acids is 1. The number of methoxy groups -OCH3 is 2. The van der Waals surface area contributed by atoms with Gasteiger partial charge >= 0.3 is 5.97 Å². The van der Waals surface area contributed by atoms with Crippen LogP contribution in [-0.4, -0.2) is 42.6 Å². The monoisotopic (exact) mass is 379 g/mol. The summed E-state index contributed by atoms with van der Waals surface area (Å²) < 4.78 is 37.9. The Morgan fingerprint density at radius 2 is 1.59 bits per heavy atom. The van der Waals surface area contributed by atoms with Gasteiger partial charge in [-0.2, -0.15) is 0 Å². The molecule has 0 unspecified atom stereocenters. The number of benzene rings is 2. The maximum Gasteiger partial charge on any atom is 0.323 e. The number of hydrogen-bond acceptors (Lipinski definition) is 4. The molecule has 0 bridgehead atoms. The molecule has 2 aromatic rings. The van der Waals surface area contributed by atoms with Crippen LogP contribution in [0.5, 0.6) is 11.5 Å². The van der Waals surface area contributed by atoms with E-state index in [4.69, 9.17) is 14.6 Å². The van der Waals surface area contributed by atoms with E-state index in [-0.39, 0.29) is 6.54 Å². The summed E-state index contributed by atoms with van der Waals surface area (Å²) in [6, 6.07) is 8.14. The van der Waals surface area contributed by atoms with E-state index in [9.17, 15) is 18.4 Å². The third-order valence-corrected chi connectivity index (χ3v) is 3.85. The molecule has 2 rings (SSSR count). The largest absolute Gasteiger partial charge is 0.497 e. The predicted octanol–water partition coefficient (Wildman–Crippen LogP) is 2.64. The number of amides is 1. The van der Waals surface area contributed by atoms with Gasteiger partial charge in [0.25, 0.3) is 0 Å². The summed E-state index contributed by atoms with van der Waals surface area (Å²) in [6.07, 6.45) is -0.590. The summed E-state index contributed by atoms with van der Waals surface area (Å²) in [5.41, 5.74) is 0.149. The van der Waals surface area contributed by atoms with E-state index in [0.29, 0.717) is 17.1 Å². The average molecular weight is 379 g/mol. The minimum absolute atomic E-state index is 0.0885. The van der Waals surface area contributed by atoms with Crippen LogP contribution in [0.1, 0.15) is 11.1 Å². The van der Waals surface area contributed by atoms with Gasteiger partial charge in [-0.15, -0.1) is 0 Å². The lowest BCUT2D eigenvalue weighted by atomic mass is 10.1. The van der Waals surface area contributed by atoms with Crippen LogP contribution in [0, 0.1) is 11.6 Å². The molecule has 0 aliphatic heterocycles. The molecule has 8 heteroatoms. The second-order valence-corrected chi connectivity index (χ2v) is 5.74. The molecule has 0 atom stereocenters. The molecule has 0 aliphatic rings. The molecule has 27 heavy (non-hydrogen) atoms. The summed E-state index contributed by atoms with van der Waals surface area (Å²) >= 11 is 0. The quantitative estimate of drug-likeness (QED) is 0.763. The van der Waals surface area contributed by atoms with Crippen molar-refractivity contribution in [3.8, 4) is 11.5 Å². The van der Waals surface area contributed by atoms with Crippen LogP contribution in [-0.2, 0) is 22.6 Å². The van der Waals surface area contributed by atoms with Crippen molar-refractivity contribution in [3.05, 3.63) is 59.2 Å². The standard InChI is InChI=1S/C19H19F2NO5/c1-26-13-6-12(7-14(8-13)27-2)10-22(11-19(24)25)18(23)9-15-16(20)4-3-5-17(15)21/h3-8H,9-11H2,1-2H3,(H,24,25). The summed E-state index contributed by atoms with van der Waals surface area (Å²) in [5, 5.41) is 9.10. The number of carboxylic acid groups (broad SMARTS) is 1. The zero-order valence-electron chi connectivity index (χ0n) is 14.9. The predicted molar refractivity (Wildman–Crippen MR) is 92.7 cm³/mol. The second kappa shape index (κ2) is 8.98. The highest BCUT2D eigenvalue weighted by Gasteiger charge is 2.21. The molecule has 0 fully saturated rings. The lowest BCUT2D eigenvalue weighted by molar-refractivity contribution is -0.144. The van der Waals surface area contributed by atoms with Crippen LogP contribution in [0.25, 0.3) is 0 Å². The zero-order valence-corrected chi connectivity index (χ0v) is 14.9. The molecule has 0 aliphatic carbocycles. The molecule has 0 saturated carbocycles. The van der Waals surface area contributed by atoms with Gasteiger partial charge in [-0.1, -0.05) is 6.07 Å². The number of carboxylic acids is 1. The van der Waals surface area contributed by atoms with Crippen molar-refractivity contribution in [3.63, 3.8) is 0 Å². The SMILES string of the molecule is COc1cc(CN(CC(=O)O)C(=O)Cc2c(F)cccc2F)cc(OC)c1. The van der Waals surface area contributed by atoms with Gasteiger partial charge in [0.15, 0.2) is 0 Å². The van der Waals surface area contributed by atoms with E-state index < -0.39 is 42.0 Å². The van der Waals surface area contributed by atoms with E-state index in [0.717, 1.165) is 17.0 Å². The number of hydrogen-bond donors (Lipinski definition) is 1. The minimum atomic E-state index is -1.24. The number of carbonyl (C=O) groups is 2. The van der Waals surface area contributed by atoms with Gasteiger partial charge < -0.3 is 19.5 Å². The normalized spacial score (nSPS) is 10.4. The van der Waals surface area contributed by atoms with E-state index in [1.54, 1.807) is 18.2 Å². The van der Waals surface area contributed by atoms with Crippen LogP contribution in [0.2, 0.25) is 0 Å². The molecule has 0 saturated heterocycles. The smallest absolute Gasteiger partial charge is 0.323 e. The Hall–Kier alpha value is -3.16. The molecule has 0 heterocycles. The Morgan fingerprint density at radius 3 is 2.07 bits per heavy atom. The molecule has 144 valence electrons. The Balaban J connectivity index is 2.27. The maximum atomic E-state index is 13.8. The fourth-order valence-corrected chi connectivity index (χ4v) is 2.54. The van der Waals surface area contributed by atoms with Crippen molar-refractivity contribution >= 4 is 11.9 Å². The van der Waals surface area contributed by atoms with Crippen LogP contribution in [0.15, 0.2) is 36.4 Å². The van der Waals surface area contributed by atoms with Gasteiger partial charge in [0.1, 0.15) is 29.7 Å². The van der Waals surface area contributed by atoms with Gasteiger partial charge in [0.05, 0.1) is 20.6 Å². The van der Waals surface area contributed by atoms with Crippen LogP contribution >= 0.6 is 0 Å². The highest BCUT2D eigenvalue weighted by Crippen LogP contribution is 2.24. The van der Waals surface area contributed by atoms with Crippen molar-refractivity contribution in [2.45, 2.75) is 13.0 Å². The molecule has 0 aromatic heterocycles. The van der Waals surface area contributed by atoms with Crippen molar-refractivity contribution in [2.75, 3.05) is 20.8 Å². The van der Waals surface area contributed by atoms with E-state index in [1.165, 1.54) is 20.3 Å². The van der Waals surface area contributed by atoms with Gasteiger partial charge in [-0.3, -0.25) is 9.59 Å². The highest BCUT2D eigenvalue weighted by atomic mass is 19.1. The third kappa shape index (κ3) is 5.40. The average Bonchev–Trinajstić information content (AvgIpc) is 2.63. The van der Waals surface area contributed by atoms with Crippen molar-refractivity contribution in [2.24, 2.45) is 0 Å². The molecule has 0 radical (unpaired) electrons. The summed E-state index contributed by atoms with van der Waals surface area (Å²) in [6.45, 7) is -0.705. The lowest BCUT2D eigenvalue weighted by Crippen LogP contribution is -2.36. The Labute approximate surface area is 154 Å². The van der Waals surface area contributed by atoms with E-state index in [2.05, 4.69) is 0 Å². The first-order valence-electron chi connectivity index (χ1n) is 7.98. The van der Waals surface area contributed by atoms with Crippen LogP contribution in [0.3, 0.4) is 0 Å². The topological polar surface area (TPSA) is 76.1 Å². The molecule has 2 aromatic carbocycles. The summed E-state index contributed by atoms with van der Waals surface area (Å²) in [5.74, 6) is -2.75. The maximum absolute atomic E-state index is 13.8. The Morgan fingerprint density at radius 1 is 1.04 bits per heavy atom. The summed E-state index contributed by atoms with van der Waals surface area (Å²) in [4.78, 5) is 24.7. The van der Waals surface area contributed by atoms with Gasteiger partial charge in [0.2, 0.25) is 5.91 Å². The first-order chi connectivity index (χ1) is 12.8. The summed E-state index contributed by atoms with van der Waals surface area (Å²) in [7, 11) is 2.92. The molecular weight excluding hydrogens is 360 g/mol. The highest BCUT2D eigenvalue weighted by molar-refractivity contribution is 5.83. The number of carbonyl (C=O) groups excluding carboxylic acids is 1. The molecule has 1 N–H and O–H groups in total. The van der Waals surface area contributed by atoms with Crippen molar-refractivity contribution in [1.82, 2.24) is 4.90 Å². The first kappa shape index (κ1) is 20.2. The molecule has 0 spiro atoms. The molecular formula is C19H19F2NO5. The van der Waals surface area contributed by atoms with Gasteiger partial charge in [0, 0.05) is 18.2 Å². The minimum Gasteiger partial charge on any atom is -0.497 e. The fraction of sp³-hybridized carbons (Fsp3) is 0.263. The number of ether oxygens (including phenoxy) is 2. The van der Waals surface area contributed by atoms with Gasteiger partial charge in [-0.25, -0.2) is 8.78 Å². The van der Waals surface area contributed by atoms with Crippen LogP contribution in [0.4, 0.5) is 8.78 Å². The fourth-order valence-electron chi connectivity index (χ4n) is 2.54. The number of nitrogens with zero attached hydrogens (tertiary/aromatic N) is 1. The Bertz CT molecular complexity index is 798. The van der Waals surface area contributed by atoms with E-state index in [1.807, 2.05) is 0 Å². The number of halogens is 2. The van der Waals surface area contributed by atoms with Crippen molar-refractivity contribution < 1.29 is 33.0 Å². The molecule has 1 amide bonds. The lowest BCUT2D eigenvalue weighted by Gasteiger charge is -2.22. The Kier molecular flexibility index (Phi) is 6.70. The van der Waals surface area contributed by atoms with Crippen LogP contribution < -0.4 is 9.47 Å². The third-order valence-electron chi connectivity index (χ3n) is 3.85.